The molecule has 1 saturated carbocycles. The van der Waals surface area contributed by atoms with E-state index in [1.165, 1.54) is 51.4 Å². The Hall–Kier alpha value is -1.47. The zero-order valence-corrected chi connectivity index (χ0v) is 25.3. The fourth-order valence-corrected chi connectivity index (χ4v) is 8.64. The smallest absolute Gasteiger partial charge is 0.230 e. The Balaban J connectivity index is 1.68. The van der Waals surface area contributed by atoms with Crippen molar-refractivity contribution in [2.45, 2.75) is 147 Å². The Labute approximate surface area is 226 Å². The first-order valence-electron chi connectivity index (χ1n) is 15.1. The molecule has 1 aromatic rings. The predicted octanol–water partition coefficient (Wildman–Crippen LogP) is 5.42. The fraction of sp³-hybridized carbons (Fsp3) is 0.900. The van der Waals surface area contributed by atoms with Gasteiger partial charge in [-0.15, -0.1) is 0 Å². The number of hydrogen-bond acceptors (Lipinski definition) is 7. The number of nitrogens with zero attached hydrogens (tertiary/aromatic N) is 7. The van der Waals surface area contributed by atoms with Crippen LogP contribution < -0.4 is 9.80 Å². The van der Waals surface area contributed by atoms with Crippen molar-refractivity contribution in [3.63, 3.8) is 0 Å². The van der Waals surface area contributed by atoms with Gasteiger partial charge in [-0.05, 0) is 100 Å². The quantitative estimate of drug-likeness (QED) is 0.505. The molecule has 3 fully saturated rings. The van der Waals surface area contributed by atoms with Crippen molar-refractivity contribution in [1.82, 2.24) is 24.8 Å². The lowest BCUT2D eigenvalue weighted by atomic mass is 9.52. The third-order valence-corrected chi connectivity index (χ3v) is 10.9. The molecule has 6 rings (SSSR count). The van der Waals surface area contributed by atoms with Gasteiger partial charge in [0.05, 0.1) is 0 Å². The molecule has 0 N–H and O–H groups in total. The second-order valence-corrected chi connectivity index (χ2v) is 14.2. The molecule has 5 aliphatic rings. The molecule has 4 aliphatic heterocycles. The molecule has 7 heteroatoms. The van der Waals surface area contributed by atoms with Gasteiger partial charge in [0.1, 0.15) is 5.82 Å². The monoisotopic (exact) mass is 511 g/mol. The topological polar surface area (TPSA) is 51.6 Å². The van der Waals surface area contributed by atoms with Crippen LogP contribution in [0, 0.1) is 6.92 Å². The van der Waals surface area contributed by atoms with Crippen LogP contribution in [0.15, 0.2) is 0 Å². The van der Waals surface area contributed by atoms with Gasteiger partial charge >= 0.3 is 0 Å². The van der Waals surface area contributed by atoms with E-state index in [0.29, 0.717) is 12.1 Å². The van der Waals surface area contributed by atoms with E-state index in [0.717, 1.165) is 43.7 Å². The van der Waals surface area contributed by atoms with E-state index in [1.807, 2.05) is 0 Å². The van der Waals surface area contributed by atoms with Gasteiger partial charge < -0.3 is 9.80 Å². The van der Waals surface area contributed by atoms with Gasteiger partial charge in [-0.25, -0.2) is 0 Å². The molecule has 2 spiro atoms. The second-order valence-electron chi connectivity index (χ2n) is 14.2. The van der Waals surface area contributed by atoms with Crippen LogP contribution in [0.4, 0.5) is 11.9 Å². The van der Waals surface area contributed by atoms with Crippen molar-refractivity contribution in [1.29, 1.82) is 0 Å². The van der Waals surface area contributed by atoms with Crippen molar-refractivity contribution in [2.75, 3.05) is 37.0 Å². The summed E-state index contributed by atoms with van der Waals surface area (Å²) in [7, 11) is 4.82. The lowest BCUT2D eigenvalue weighted by Crippen LogP contribution is -2.80. The Morgan fingerprint density at radius 3 is 1.46 bits per heavy atom. The molecule has 37 heavy (non-hydrogen) atoms. The zero-order chi connectivity index (χ0) is 26.8. The third-order valence-electron chi connectivity index (χ3n) is 10.9. The van der Waals surface area contributed by atoms with E-state index in [4.69, 9.17) is 15.0 Å². The average molecular weight is 512 g/mol. The minimum absolute atomic E-state index is 0.138. The molecule has 1 aliphatic carbocycles. The Kier molecular flexibility index (Phi) is 6.83. The van der Waals surface area contributed by atoms with Crippen molar-refractivity contribution in [3.8, 4) is 0 Å². The van der Waals surface area contributed by atoms with Gasteiger partial charge in [0, 0.05) is 47.3 Å². The highest BCUT2D eigenvalue weighted by atomic mass is 15.4. The number of anilines is 2. The second kappa shape index (κ2) is 9.32. The van der Waals surface area contributed by atoms with Crippen LogP contribution >= 0.6 is 0 Å². The minimum atomic E-state index is 0.138. The first-order chi connectivity index (χ1) is 17.4. The van der Waals surface area contributed by atoms with Crippen LogP contribution in [-0.4, -0.2) is 86.2 Å². The summed E-state index contributed by atoms with van der Waals surface area (Å²) in [5.74, 6) is 2.68. The summed E-state index contributed by atoms with van der Waals surface area (Å²) in [5.41, 5.74) is 0.752. The summed E-state index contributed by atoms with van der Waals surface area (Å²) in [6.45, 7) is 18.5. The van der Waals surface area contributed by atoms with E-state index >= 15 is 0 Å². The number of rotatable bonds is 6. The highest BCUT2D eigenvalue weighted by Gasteiger charge is 2.66. The molecule has 2 unspecified atom stereocenters. The summed E-state index contributed by atoms with van der Waals surface area (Å²) in [6.07, 6.45) is 11.9. The molecule has 2 atom stereocenters. The molecule has 0 aromatic carbocycles. The van der Waals surface area contributed by atoms with Crippen molar-refractivity contribution >= 4 is 11.9 Å². The lowest BCUT2D eigenvalue weighted by molar-refractivity contribution is -0.189. The maximum atomic E-state index is 5.30. The summed E-state index contributed by atoms with van der Waals surface area (Å²) in [5, 5.41) is 0. The molecular formula is C30H53N7. The highest BCUT2D eigenvalue weighted by molar-refractivity contribution is 5.43. The summed E-state index contributed by atoms with van der Waals surface area (Å²) in [6, 6.07) is 0.900. The molecule has 0 radical (unpaired) electrons. The summed E-state index contributed by atoms with van der Waals surface area (Å²) < 4.78 is 0. The zero-order valence-electron chi connectivity index (χ0n) is 25.3. The number of unbranched alkanes of at least 4 members (excludes halogenated alkanes) is 2. The predicted molar refractivity (Wildman–Crippen MR) is 153 cm³/mol. The molecule has 0 amide bonds. The maximum Gasteiger partial charge on any atom is 0.230 e. The van der Waals surface area contributed by atoms with Crippen LogP contribution in [0.3, 0.4) is 0 Å². The maximum absolute atomic E-state index is 5.30. The Bertz CT molecular complexity index is 910. The highest BCUT2D eigenvalue weighted by Crippen LogP contribution is 2.61. The SMILES string of the molecule is CCCCN1c2nc(C)nc(n2)N(CCCC)C2CC(C)(C)N(C)C3(C2)CC2(CC1CC(C)(C)N2C)C3. The van der Waals surface area contributed by atoms with Gasteiger partial charge in [-0.3, -0.25) is 9.80 Å². The van der Waals surface area contributed by atoms with Crippen LogP contribution in [0.25, 0.3) is 0 Å². The van der Waals surface area contributed by atoms with Crippen molar-refractivity contribution in [3.05, 3.63) is 5.82 Å². The van der Waals surface area contributed by atoms with Crippen molar-refractivity contribution < 1.29 is 0 Å². The van der Waals surface area contributed by atoms with E-state index in [9.17, 15) is 0 Å². The first kappa shape index (κ1) is 27.1. The molecular weight excluding hydrogens is 458 g/mol. The van der Waals surface area contributed by atoms with E-state index in [1.54, 1.807) is 0 Å². The van der Waals surface area contributed by atoms with Crippen molar-refractivity contribution in [2.24, 2.45) is 0 Å². The third kappa shape index (κ3) is 4.46. The van der Waals surface area contributed by atoms with Crippen LogP contribution in [0.1, 0.15) is 112 Å². The average Bonchev–Trinajstić information content (AvgIpc) is 2.79. The van der Waals surface area contributed by atoms with Crippen LogP contribution in [0.2, 0.25) is 0 Å². The molecule has 2 saturated heterocycles. The number of likely N-dealkylation sites (tertiary alicyclic amines) is 2. The van der Waals surface area contributed by atoms with E-state index in [2.05, 4.69) is 82.2 Å². The number of aromatic nitrogens is 3. The fourth-order valence-electron chi connectivity index (χ4n) is 8.64. The Morgan fingerprint density at radius 2 is 1.08 bits per heavy atom. The summed E-state index contributed by atoms with van der Waals surface area (Å²) in [4.78, 5) is 26.0. The normalized spacial score (nSPS) is 34.9. The number of hydrogen-bond donors (Lipinski definition) is 0. The van der Waals surface area contributed by atoms with Gasteiger partial charge in [0.25, 0.3) is 0 Å². The van der Waals surface area contributed by atoms with E-state index < -0.39 is 0 Å². The largest absolute Gasteiger partial charge is 0.338 e. The summed E-state index contributed by atoms with van der Waals surface area (Å²) >= 11 is 0. The van der Waals surface area contributed by atoms with E-state index in [-0.39, 0.29) is 22.2 Å². The molecule has 208 valence electrons. The minimum Gasteiger partial charge on any atom is -0.338 e. The Morgan fingerprint density at radius 1 is 0.676 bits per heavy atom. The first-order valence-corrected chi connectivity index (χ1v) is 15.1. The molecule has 1 aromatic heterocycles. The standard InChI is InChI=1S/C30H53N7/c1-10-12-14-36-23-16-27(4,5)34(8)29(18-23)20-30(21-29)19-24(17-28(6,7)35(30)9)37(15-13-11-2)26-32-22(3)31-25(36)33-26/h23-24H,10-21H2,1-9H3. The molecule has 7 nitrogen and oxygen atoms in total. The lowest BCUT2D eigenvalue weighted by Gasteiger charge is -2.73. The molecule has 6 bridgehead atoms. The van der Waals surface area contributed by atoms with Crippen LogP contribution in [-0.2, 0) is 0 Å². The van der Waals surface area contributed by atoms with Gasteiger partial charge in [0.2, 0.25) is 11.9 Å². The van der Waals surface area contributed by atoms with Gasteiger partial charge in [0.15, 0.2) is 0 Å². The van der Waals surface area contributed by atoms with Gasteiger partial charge in [-0.2, -0.15) is 15.0 Å². The van der Waals surface area contributed by atoms with Gasteiger partial charge in [-0.1, -0.05) is 26.7 Å². The number of aryl methyl sites for hydroxylation is 1. The number of piperidine rings is 2. The molecule has 5 heterocycles. The van der Waals surface area contributed by atoms with Crippen LogP contribution in [0.5, 0.6) is 0 Å².